The molecule has 2 saturated heterocycles. The molecule has 4 rings (SSSR count). The molecule has 5 amide bonds. The molecule has 0 radical (unpaired) electrons. The molecule has 0 bridgehead atoms. The van der Waals surface area contributed by atoms with Crippen molar-refractivity contribution >= 4 is 56.8 Å². The van der Waals surface area contributed by atoms with Gasteiger partial charge >= 0.3 is 6.03 Å². The largest absolute Gasteiger partial charge is 0.391 e. The summed E-state index contributed by atoms with van der Waals surface area (Å²) in [6.07, 6.45) is -0.750. The van der Waals surface area contributed by atoms with Crippen molar-refractivity contribution in [3.63, 3.8) is 0 Å². The van der Waals surface area contributed by atoms with E-state index < -0.39 is 36.0 Å². The van der Waals surface area contributed by atoms with Gasteiger partial charge < -0.3 is 20.6 Å². The van der Waals surface area contributed by atoms with Gasteiger partial charge in [0.2, 0.25) is 5.91 Å². The first kappa shape index (κ1) is 21.5. The van der Waals surface area contributed by atoms with Gasteiger partial charge in [-0.3, -0.25) is 19.7 Å². The Morgan fingerprint density at radius 1 is 1.32 bits per heavy atom. The van der Waals surface area contributed by atoms with Crippen LogP contribution in [0.3, 0.4) is 0 Å². The van der Waals surface area contributed by atoms with Crippen molar-refractivity contribution in [3.8, 4) is 0 Å². The smallest absolute Gasteiger partial charge is 0.322 e. The number of rotatable bonds is 4. The minimum atomic E-state index is -0.937. The number of carbonyl (C=O) groups is 4. The van der Waals surface area contributed by atoms with Crippen LogP contribution < -0.4 is 16.0 Å². The number of aliphatic hydroxyl groups is 1. The molecule has 3 heterocycles. The van der Waals surface area contributed by atoms with Crippen LogP contribution in [0.15, 0.2) is 18.2 Å². The molecule has 0 aliphatic carbocycles. The fraction of sp³-hybridized carbons (Fsp3) is 0.400. The number of imide groups is 1. The second-order valence-electron chi connectivity index (χ2n) is 7.82. The van der Waals surface area contributed by atoms with E-state index in [1.165, 1.54) is 16.2 Å². The summed E-state index contributed by atoms with van der Waals surface area (Å²) in [5, 5.41) is 18.7. The Labute approximate surface area is 186 Å². The molecule has 1 aromatic carbocycles. The van der Waals surface area contributed by atoms with E-state index in [2.05, 4.69) is 16.0 Å². The number of aliphatic hydroxyl groups excluding tert-OH is 1. The van der Waals surface area contributed by atoms with Crippen LogP contribution in [0.5, 0.6) is 0 Å². The minimum Gasteiger partial charge on any atom is -0.391 e. The monoisotopic (exact) mass is 464 g/mol. The molecule has 9 nitrogen and oxygen atoms in total. The lowest BCUT2D eigenvalue weighted by molar-refractivity contribution is -0.137. The molecule has 31 heavy (non-hydrogen) atoms. The number of aryl methyl sites for hydroxylation is 1. The highest BCUT2D eigenvalue weighted by Gasteiger charge is 2.36. The molecular weight excluding hydrogens is 444 g/mol. The van der Waals surface area contributed by atoms with Crippen LogP contribution in [-0.4, -0.2) is 65.0 Å². The van der Waals surface area contributed by atoms with Crippen molar-refractivity contribution < 1.29 is 24.3 Å². The lowest BCUT2D eigenvalue weighted by Gasteiger charge is -2.36. The minimum absolute atomic E-state index is 0.0937. The first-order valence-corrected chi connectivity index (χ1v) is 11.0. The second-order valence-corrected chi connectivity index (χ2v) is 9.25. The molecule has 164 valence electrons. The number of nitrogens with zero attached hydrogens (tertiary/aromatic N) is 1. The van der Waals surface area contributed by atoms with Gasteiger partial charge in [0.15, 0.2) is 0 Å². The summed E-state index contributed by atoms with van der Waals surface area (Å²) in [4.78, 5) is 50.1. The number of piperidine rings is 1. The molecule has 1 aromatic heterocycles. The van der Waals surface area contributed by atoms with E-state index in [9.17, 15) is 24.3 Å². The Bertz CT molecular complexity index is 1090. The number of hydrogen-bond acceptors (Lipinski definition) is 6. The topological polar surface area (TPSA) is 128 Å². The third kappa shape index (κ3) is 4.51. The summed E-state index contributed by atoms with van der Waals surface area (Å²) in [5.41, 5.74) is 1.06. The molecule has 0 saturated carbocycles. The van der Waals surface area contributed by atoms with E-state index in [-0.39, 0.29) is 31.8 Å². The van der Waals surface area contributed by atoms with E-state index in [4.69, 9.17) is 11.6 Å². The highest BCUT2D eigenvalue weighted by molar-refractivity contribution is 7.21. The number of thiophene rings is 1. The zero-order valence-electron chi connectivity index (χ0n) is 16.6. The predicted octanol–water partition coefficient (Wildman–Crippen LogP) is 1.15. The van der Waals surface area contributed by atoms with Gasteiger partial charge in [-0.15, -0.1) is 11.3 Å². The van der Waals surface area contributed by atoms with E-state index >= 15 is 0 Å². The molecular formula is C20H21ClN4O5S. The van der Waals surface area contributed by atoms with Gasteiger partial charge in [-0.05, 0) is 25.0 Å². The maximum absolute atomic E-state index is 12.9. The van der Waals surface area contributed by atoms with Gasteiger partial charge in [-0.1, -0.05) is 23.7 Å². The molecule has 3 unspecified atom stereocenters. The van der Waals surface area contributed by atoms with Gasteiger partial charge in [-0.2, -0.15) is 0 Å². The first-order chi connectivity index (χ1) is 14.7. The van der Waals surface area contributed by atoms with Crippen molar-refractivity contribution in [3.05, 3.63) is 33.7 Å². The Balaban J connectivity index is 1.43. The Morgan fingerprint density at radius 3 is 2.81 bits per heavy atom. The van der Waals surface area contributed by atoms with Crippen LogP contribution >= 0.6 is 22.9 Å². The number of benzene rings is 1. The predicted molar refractivity (Wildman–Crippen MR) is 115 cm³/mol. The molecule has 11 heteroatoms. The van der Waals surface area contributed by atoms with Crippen LogP contribution in [0, 0.1) is 6.92 Å². The summed E-state index contributed by atoms with van der Waals surface area (Å²) in [7, 11) is 0. The lowest BCUT2D eigenvalue weighted by Crippen LogP contribution is -2.55. The lowest BCUT2D eigenvalue weighted by atomic mass is 10.0. The second kappa shape index (κ2) is 8.45. The fourth-order valence-electron chi connectivity index (χ4n) is 3.86. The fourth-order valence-corrected chi connectivity index (χ4v) is 5.37. The quantitative estimate of drug-likeness (QED) is 0.505. The molecule has 2 aromatic rings. The molecule has 0 spiro atoms. The van der Waals surface area contributed by atoms with E-state index in [0.29, 0.717) is 9.90 Å². The van der Waals surface area contributed by atoms with Gasteiger partial charge in [0.25, 0.3) is 11.8 Å². The van der Waals surface area contributed by atoms with Crippen LogP contribution in [0.1, 0.15) is 28.1 Å². The Kier molecular flexibility index (Phi) is 5.87. The van der Waals surface area contributed by atoms with Gasteiger partial charge in [0.05, 0.1) is 17.5 Å². The number of likely N-dealkylation sites (tertiary alicyclic amines) is 1. The standard InChI is InChI=1S/C20H21ClN4O5S/c1-9-2-3-12-14(4-9)31-17(16(12)21)19(29)22-10-5-11(26)8-25(7-10)15(27)6-13-18(28)24-20(30)23-13/h2-4,10-11,13,26H,5-8H2,1H3,(H,22,29)(H2,23,24,28,30). The molecule has 4 N–H and O–H groups in total. The summed E-state index contributed by atoms with van der Waals surface area (Å²) in [5.74, 6) is -1.32. The van der Waals surface area contributed by atoms with Crippen molar-refractivity contribution in [2.24, 2.45) is 0 Å². The number of hydrogen-bond donors (Lipinski definition) is 4. The number of halogens is 1. The number of urea groups is 1. The van der Waals surface area contributed by atoms with Crippen LogP contribution in [0.25, 0.3) is 10.1 Å². The van der Waals surface area contributed by atoms with Crippen molar-refractivity contribution in [2.45, 2.75) is 38.0 Å². The van der Waals surface area contributed by atoms with Crippen LogP contribution in [0.4, 0.5) is 4.79 Å². The van der Waals surface area contributed by atoms with E-state index in [1.54, 1.807) is 0 Å². The number of nitrogens with one attached hydrogen (secondary N) is 3. The summed E-state index contributed by atoms with van der Waals surface area (Å²) in [6, 6.07) is 3.72. The van der Waals surface area contributed by atoms with Crippen molar-refractivity contribution in [1.82, 2.24) is 20.9 Å². The van der Waals surface area contributed by atoms with Crippen molar-refractivity contribution in [1.29, 1.82) is 0 Å². The Morgan fingerprint density at radius 2 is 2.10 bits per heavy atom. The average Bonchev–Trinajstić information content (AvgIpc) is 3.19. The van der Waals surface area contributed by atoms with Crippen molar-refractivity contribution in [2.75, 3.05) is 13.1 Å². The third-order valence-corrected chi connectivity index (χ3v) is 7.00. The number of amides is 5. The van der Waals surface area contributed by atoms with E-state index in [1.807, 2.05) is 25.1 Å². The first-order valence-electron chi connectivity index (χ1n) is 9.78. The van der Waals surface area contributed by atoms with E-state index in [0.717, 1.165) is 15.6 Å². The molecule has 2 fully saturated rings. The number of carbonyl (C=O) groups excluding carboxylic acids is 4. The maximum atomic E-state index is 12.9. The van der Waals surface area contributed by atoms with Gasteiger partial charge in [0.1, 0.15) is 10.9 Å². The SMILES string of the molecule is Cc1ccc2c(Cl)c(C(=O)NC3CC(O)CN(C(=O)CC4NC(=O)NC4=O)C3)sc2c1. The van der Waals surface area contributed by atoms with Crippen LogP contribution in [0.2, 0.25) is 5.02 Å². The molecule has 2 aliphatic heterocycles. The highest BCUT2D eigenvalue weighted by atomic mass is 35.5. The average molecular weight is 465 g/mol. The third-order valence-electron chi connectivity index (χ3n) is 5.34. The normalized spacial score (nSPS) is 23.6. The number of β-amino-alcohol motifs (C(OH)–C–C–N with tert-alkyl or cyclic N) is 1. The summed E-state index contributed by atoms with van der Waals surface area (Å²) < 4.78 is 0.910. The number of fused-ring (bicyclic) bond motifs is 1. The van der Waals surface area contributed by atoms with Gasteiger partial charge in [-0.25, -0.2) is 4.79 Å². The zero-order chi connectivity index (χ0) is 22.3. The summed E-state index contributed by atoms with van der Waals surface area (Å²) in [6.45, 7) is 2.24. The van der Waals surface area contributed by atoms with Crippen LogP contribution in [-0.2, 0) is 9.59 Å². The molecule has 3 atom stereocenters. The molecule has 2 aliphatic rings. The maximum Gasteiger partial charge on any atom is 0.322 e. The summed E-state index contributed by atoms with van der Waals surface area (Å²) >= 11 is 7.71. The zero-order valence-corrected chi connectivity index (χ0v) is 18.2. The van der Waals surface area contributed by atoms with Gasteiger partial charge in [0, 0.05) is 29.2 Å². The highest BCUT2D eigenvalue weighted by Crippen LogP contribution is 2.36. The Hall–Kier alpha value is -2.69.